The Balaban J connectivity index is 1.69. The molecule has 20 heavy (non-hydrogen) atoms. The topological polar surface area (TPSA) is 52.3 Å². The van der Waals surface area contributed by atoms with Gasteiger partial charge in [0.1, 0.15) is 17.7 Å². The number of nitrogens with two attached hydrogens (primary N) is 1. The van der Waals surface area contributed by atoms with Crippen LogP contribution in [0.1, 0.15) is 24.8 Å². The van der Waals surface area contributed by atoms with Crippen LogP contribution in [0.3, 0.4) is 0 Å². The Morgan fingerprint density at radius 2 is 1.90 bits per heavy atom. The van der Waals surface area contributed by atoms with Crippen molar-refractivity contribution in [1.29, 1.82) is 0 Å². The van der Waals surface area contributed by atoms with Crippen LogP contribution < -0.4 is 5.73 Å². The quantitative estimate of drug-likeness (QED) is 0.861. The fraction of sp³-hybridized carbons (Fsp3) is 0.533. The summed E-state index contributed by atoms with van der Waals surface area (Å²) in [7, 11) is 1.32. The number of esters is 1. The molecule has 1 aromatic carbocycles. The number of carbonyl (C=O) groups excluding carboxylic acids is 1. The van der Waals surface area contributed by atoms with Gasteiger partial charge in [-0.15, -0.1) is 0 Å². The molecule has 0 saturated heterocycles. The second kappa shape index (κ2) is 4.25. The zero-order chi connectivity index (χ0) is 14.5. The van der Waals surface area contributed by atoms with E-state index in [4.69, 9.17) is 5.73 Å². The average Bonchev–Trinajstić information content (AvgIpc) is 2.33. The van der Waals surface area contributed by atoms with E-state index in [1.807, 2.05) is 0 Å². The molecule has 0 heterocycles. The van der Waals surface area contributed by atoms with Crippen molar-refractivity contribution in [2.75, 3.05) is 7.11 Å². The zero-order valence-electron chi connectivity index (χ0n) is 11.3. The number of carbonyl (C=O) groups is 1. The molecule has 3 nitrogen and oxygen atoms in total. The van der Waals surface area contributed by atoms with Crippen molar-refractivity contribution in [3.63, 3.8) is 0 Å². The van der Waals surface area contributed by atoms with Gasteiger partial charge in [-0.05, 0) is 48.6 Å². The molecule has 0 aliphatic heterocycles. The first-order valence-corrected chi connectivity index (χ1v) is 6.68. The molecule has 0 aromatic heterocycles. The first-order valence-electron chi connectivity index (χ1n) is 6.68. The van der Waals surface area contributed by atoms with Crippen LogP contribution in [0.2, 0.25) is 0 Å². The maximum atomic E-state index is 13.7. The van der Waals surface area contributed by atoms with E-state index in [1.54, 1.807) is 0 Å². The summed E-state index contributed by atoms with van der Waals surface area (Å²) in [5, 5.41) is 0. The van der Waals surface area contributed by atoms with E-state index in [0.29, 0.717) is 6.42 Å². The van der Waals surface area contributed by atoms with Crippen LogP contribution in [0.25, 0.3) is 0 Å². The molecule has 3 aliphatic rings. The maximum absolute atomic E-state index is 13.7. The molecular weight excluding hydrogens is 264 g/mol. The minimum absolute atomic E-state index is 0.0886. The highest BCUT2D eigenvalue weighted by atomic mass is 19.1. The Kier molecular flexibility index (Phi) is 2.87. The van der Waals surface area contributed by atoms with Crippen LogP contribution in [0, 0.1) is 22.5 Å². The fourth-order valence-corrected chi connectivity index (χ4v) is 4.06. The van der Waals surface area contributed by atoms with Gasteiger partial charge >= 0.3 is 5.97 Å². The van der Waals surface area contributed by atoms with Gasteiger partial charge in [-0.1, -0.05) is 6.07 Å². The van der Waals surface area contributed by atoms with Crippen molar-refractivity contribution in [3.05, 3.63) is 35.4 Å². The largest absolute Gasteiger partial charge is 0.468 e. The molecule has 0 spiro atoms. The highest BCUT2D eigenvalue weighted by molar-refractivity contribution is 5.77. The highest BCUT2D eigenvalue weighted by Gasteiger charge is 2.70. The average molecular weight is 281 g/mol. The van der Waals surface area contributed by atoms with E-state index >= 15 is 0 Å². The number of methoxy groups -OCH3 is 1. The van der Waals surface area contributed by atoms with Crippen molar-refractivity contribution >= 4 is 5.97 Å². The molecule has 3 fully saturated rings. The Labute approximate surface area is 116 Å². The number of rotatable bonds is 4. The molecule has 0 amide bonds. The molecule has 1 unspecified atom stereocenters. The molecule has 2 N–H and O–H groups in total. The van der Waals surface area contributed by atoms with Crippen molar-refractivity contribution in [1.82, 2.24) is 0 Å². The zero-order valence-corrected chi connectivity index (χ0v) is 11.3. The molecule has 1 aromatic rings. The van der Waals surface area contributed by atoms with E-state index in [0.717, 1.165) is 19.3 Å². The van der Waals surface area contributed by atoms with Gasteiger partial charge in [-0.2, -0.15) is 0 Å². The maximum Gasteiger partial charge on any atom is 0.323 e. The summed E-state index contributed by atoms with van der Waals surface area (Å²) in [6, 6.07) is 3.30. The van der Waals surface area contributed by atoms with E-state index in [1.165, 1.54) is 25.3 Å². The monoisotopic (exact) mass is 281 g/mol. The van der Waals surface area contributed by atoms with Gasteiger partial charge in [0.25, 0.3) is 0 Å². The predicted octanol–water partition coefficient (Wildman–Crippen LogP) is 2.18. The van der Waals surface area contributed by atoms with Crippen molar-refractivity contribution in [2.45, 2.75) is 31.7 Å². The lowest BCUT2D eigenvalue weighted by atomic mass is 9.32. The summed E-state index contributed by atoms with van der Waals surface area (Å²) in [6.45, 7) is 0. The minimum Gasteiger partial charge on any atom is -0.468 e. The molecule has 5 heteroatoms. The predicted molar refractivity (Wildman–Crippen MR) is 68.8 cm³/mol. The normalized spacial score (nSPS) is 32.0. The summed E-state index contributed by atoms with van der Waals surface area (Å²) in [6.07, 6.45) is 2.60. The molecule has 4 rings (SSSR count). The van der Waals surface area contributed by atoms with Crippen molar-refractivity contribution in [2.24, 2.45) is 16.6 Å². The Morgan fingerprint density at radius 3 is 2.40 bits per heavy atom. The van der Waals surface area contributed by atoms with Gasteiger partial charge < -0.3 is 10.5 Å². The summed E-state index contributed by atoms with van der Waals surface area (Å²) >= 11 is 0. The van der Waals surface area contributed by atoms with Gasteiger partial charge in [0, 0.05) is 5.56 Å². The number of hydrogen-bond acceptors (Lipinski definition) is 3. The summed E-state index contributed by atoms with van der Waals surface area (Å²) in [5.74, 6) is -1.41. The molecule has 2 bridgehead atoms. The fourth-order valence-electron chi connectivity index (χ4n) is 4.06. The summed E-state index contributed by atoms with van der Waals surface area (Å²) < 4.78 is 32.0. The molecule has 3 aliphatic carbocycles. The lowest BCUT2D eigenvalue weighted by molar-refractivity contribution is -0.221. The third-order valence-electron chi connectivity index (χ3n) is 4.91. The number of ether oxygens (including phenoxy) is 1. The van der Waals surface area contributed by atoms with Crippen LogP contribution in [0.5, 0.6) is 0 Å². The first-order chi connectivity index (χ1) is 9.41. The van der Waals surface area contributed by atoms with E-state index < -0.39 is 23.6 Å². The standard InChI is InChI=1S/C15H17F2NO2/c1-20-13(19)12(18)15-6-14(7-15,8-15)5-9-10(16)3-2-4-11(9)17/h2-4,12H,5-8,18H2,1H3. The lowest BCUT2D eigenvalue weighted by Gasteiger charge is -2.72. The summed E-state index contributed by atoms with van der Waals surface area (Å²) in [4.78, 5) is 11.5. The lowest BCUT2D eigenvalue weighted by Crippen LogP contribution is -2.71. The highest BCUT2D eigenvalue weighted by Crippen LogP contribution is 2.75. The second-order valence-corrected chi connectivity index (χ2v) is 6.27. The molecule has 0 radical (unpaired) electrons. The van der Waals surface area contributed by atoms with Gasteiger partial charge in [0.2, 0.25) is 0 Å². The molecule has 3 saturated carbocycles. The second-order valence-electron chi connectivity index (χ2n) is 6.27. The van der Waals surface area contributed by atoms with Gasteiger partial charge in [-0.25, -0.2) is 8.78 Å². The third-order valence-corrected chi connectivity index (χ3v) is 4.91. The van der Waals surface area contributed by atoms with Gasteiger partial charge in [-0.3, -0.25) is 4.79 Å². The van der Waals surface area contributed by atoms with E-state index in [9.17, 15) is 13.6 Å². The number of benzene rings is 1. The van der Waals surface area contributed by atoms with Crippen LogP contribution in [0.15, 0.2) is 18.2 Å². The first kappa shape index (κ1) is 13.5. The van der Waals surface area contributed by atoms with Gasteiger partial charge in [0.05, 0.1) is 7.11 Å². The van der Waals surface area contributed by atoms with Crippen molar-refractivity contribution in [3.8, 4) is 0 Å². The Bertz CT molecular complexity index is 533. The van der Waals surface area contributed by atoms with Crippen LogP contribution >= 0.6 is 0 Å². The Morgan fingerprint density at radius 1 is 1.35 bits per heavy atom. The number of hydrogen-bond donors (Lipinski definition) is 1. The number of halogens is 2. The van der Waals surface area contributed by atoms with Gasteiger partial charge in [0.15, 0.2) is 0 Å². The smallest absolute Gasteiger partial charge is 0.323 e. The SMILES string of the molecule is COC(=O)C(N)C12CC(Cc3c(F)cccc3F)(C1)C2. The van der Waals surface area contributed by atoms with Crippen LogP contribution in [-0.4, -0.2) is 19.1 Å². The minimum atomic E-state index is -0.625. The molecular formula is C15H17F2NO2. The third kappa shape index (κ3) is 1.76. The van der Waals surface area contributed by atoms with Crippen molar-refractivity contribution < 1.29 is 18.3 Å². The summed E-state index contributed by atoms with van der Waals surface area (Å²) in [5.41, 5.74) is 5.74. The van der Waals surface area contributed by atoms with E-state index in [2.05, 4.69) is 4.74 Å². The molecule has 1 atom stereocenters. The van der Waals surface area contributed by atoms with E-state index in [-0.39, 0.29) is 16.4 Å². The van der Waals surface area contributed by atoms with Crippen LogP contribution in [0.4, 0.5) is 8.78 Å². The molecule has 108 valence electrons. The Hall–Kier alpha value is -1.49. The van der Waals surface area contributed by atoms with Crippen LogP contribution in [-0.2, 0) is 16.0 Å².